The SMILES string of the molecule is Cc1cccc(CN(C(=O)OC(C)(C)C)c2ccc([C@H]3CCO[C@@H](CBr)C3)cn2)c1. The molecule has 1 aliphatic rings. The fraction of sp³-hybridized carbons (Fsp3) is 0.500. The van der Waals surface area contributed by atoms with Gasteiger partial charge in [0.25, 0.3) is 0 Å². The maximum Gasteiger partial charge on any atom is 0.416 e. The highest BCUT2D eigenvalue weighted by Crippen LogP contribution is 2.31. The maximum absolute atomic E-state index is 13.0. The number of benzene rings is 1. The third-order valence-corrected chi connectivity index (χ3v) is 5.82. The van der Waals surface area contributed by atoms with Crippen LogP contribution >= 0.6 is 15.9 Å². The molecule has 0 spiro atoms. The standard InChI is InChI=1S/C24H31BrN2O3/c1-17-6-5-7-18(12-17)16-27(23(28)30-24(2,3)4)22-9-8-20(15-26-22)19-10-11-29-21(13-19)14-25/h5-9,12,15,19,21H,10-11,13-14,16H2,1-4H3/t19-,21+/m0/s1. The van der Waals surface area contributed by atoms with Crippen LogP contribution in [0.25, 0.3) is 0 Å². The van der Waals surface area contributed by atoms with Crippen LogP contribution in [0.5, 0.6) is 0 Å². The predicted octanol–water partition coefficient (Wildman–Crippen LogP) is 5.99. The van der Waals surface area contributed by atoms with Gasteiger partial charge in [-0.25, -0.2) is 9.78 Å². The van der Waals surface area contributed by atoms with Crippen LogP contribution in [0.2, 0.25) is 0 Å². The minimum absolute atomic E-state index is 0.239. The lowest BCUT2D eigenvalue weighted by Gasteiger charge is -2.29. The van der Waals surface area contributed by atoms with Gasteiger partial charge in [-0.05, 0) is 63.6 Å². The third-order valence-electron chi connectivity index (χ3n) is 5.10. The number of ether oxygens (including phenoxy) is 2. The molecule has 6 heteroatoms. The topological polar surface area (TPSA) is 51.7 Å². The lowest BCUT2D eigenvalue weighted by Crippen LogP contribution is -2.37. The highest BCUT2D eigenvalue weighted by atomic mass is 79.9. The molecule has 1 fully saturated rings. The van der Waals surface area contributed by atoms with Crippen LogP contribution in [0.4, 0.5) is 10.6 Å². The van der Waals surface area contributed by atoms with Crippen LogP contribution in [-0.2, 0) is 16.0 Å². The van der Waals surface area contributed by atoms with Gasteiger partial charge in [-0.2, -0.15) is 0 Å². The van der Waals surface area contributed by atoms with Crippen molar-refractivity contribution in [2.24, 2.45) is 0 Å². The van der Waals surface area contributed by atoms with Crippen molar-refractivity contribution < 1.29 is 14.3 Å². The summed E-state index contributed by atoms with van der Waals surface area (Å²) in [5, 5.41) is 0.845. The second-order valence-electron chi connectivity index (χ2n) is 8.87. The number of anilines is 1. The van der Waals surface area contributed by atoms with Crippen molar-refractivity contribution in [3.05, 3.63) is 59.3 Å². The van der Waals surface area contributed by atoms with E-state index in [9.17, 15) is 4.79 Å². The van der Waals surface area contributed by atoms with Crippen LogP contribution in [0.1, 0.15) is 56.2 Å². The Hall–Kier alpha value is -1.92. The number of hydrogen-bond donors (Lipinski definition) is 0. The predicted molar refractivity (Wildman–Crippen MR) is 123 cm³/mol. The molecule has 5 nitrogen and oxygen atoms in total. The molecular weight excluding hydrogens is 444 g/mol. The Balaban J connectivity index is 1.82. The van der Waals surface area contributed by atoms with E-state index in [1.54, 1.807) is 4.90 Å². The van der Waals surface area contributed by atoms with Crippen molar-refractivity contribution in [3.8, 4) is 0 Å². The molecule has 0 radical (unpaired) electrons. The Kier molecular flexibility index (Phi) is 7.53. The Morgan fingerprint density at radius 2 is 2.10 bits per heavy atom. The van der Waals surface area contributed by atoms with Crippen LogP contribution in [-0.4, -0.2) is 34.7 Å². The van der Waals surface area contributed by atoms with E-state index in [1.165, 1.54) is 5.56 Å². The Morgan fingerprint density at radius 3 is 2.73 bits per heavy atom. The molecule has 30 heavy (non-hydrogen) atoms. The van der Waals surface area contributed by atoms with Crippen molar-refractivity contribution >= 4 is 27.8 Å². The number of carbonyl (C=O) groups is 1. The number of aryl methyl sites for hydroxylation is 1. The van der Waals surface area contributed by atoms with E-state index in [-0.39, 0.29) is 6.10 Å². The summed E-state index contributed by atoms with van der Waals surface area (Å²) in [6, 6.07) is 12.1. The first-order valence-electron chi connectivity index (χ1n) is 10.4. The largest absolute Gasteiger partial charge is 0.443 e. The van der Waals surface area contributed by atoms with Crippen LogP contribution < -0.4 is 4.90 Å². The Labute approximate surface area is 187 Å². The van der Waals surface area contributed by atoms with Gasteiger partial charge in [-0.15, -0.1) is 0 Å². The summed E-state index contributed by atoms with van der Waals surface area (Å²) in [6.45, 7) is 8.83. The van der Waals surface area contributed by atoms with E-state index in [4.69, 9.17) is 9.47 Å². The first-order valence-corrected chi connectivity index (χ1v) is 11.6. The minimum atomic E-state index is -0.575. The fourth-order valence-electron chi connectivity index (χ4n) is 3.64. The average Bonchev–Trinajstić information content (AvgIpc) is 2.71. The van der Waals surface area contributed by atoms with Crippen LogP contribution in [0, 0.1) is 6.92 Å². The van der Waals surface area contributed by atoms with Crippen molar-refractivity contribution in [1.29, 1.82) is 0 Å². The van der Waals surface area contributed by atoms with Gasteiger partial charge in [0.2, 0.25) is 0 Å². The number of nitrogens with zero attached hydrogens (tertiary/aromatic N) is 2. The maximum atomic E-state index is 13.0. The first-order chi connectivity index (χ1) is 14.2. The fourth-order valence-corrected chi connectivity index (χ4v) is 4.09. The lowest BCUT2D eigenvalue weighted by atomic mass is 9.90. The molecule has 162 valence electrons. The van der Waals surface area contributed by atoms with Gasteiger partial charge in [0.15, 0.2) is 0 Å². The summed E-state index contributed by atoms with van der Waals surface area (Å²) in [7, 11) is 0. The Bertz CT molecular complexity index is 848. The molecule has 1 aromatic carbocycles. The highest BCUT2D eigenvalue weighted by molar-refractivity contribution is 9.09. The number of carbonyl (C=O) groups excluding carboxylic acids is 1. The number of aromatic nitrogens is 1. The summed E-state index contributed by atoms with van der Waals surface area (Å²) in [5.74, 6) is 1.02. The van der Waals surface area contributed by atoms with E-state index in [2.05, 4.69) is 33.0 Å². The smallest absolute Gasteiger partial charge is 0.416 e. The molecule has 2 aromatic rings. The zero-order valence-electron chi connectivity index (χ0n) is 18.2. The van der Waals surface area contributed by atoms with E-state index in [1.807, 2.05) is 58.2 Å². The quantitative estimate of drug-likeness (QED) is 0.499. The Morgan fingerprint density at radius 1 is 1.30 bits per heavy atom. The molecule has 2 atom stereocenters. The van der Waals surface area contributed by atoms with Gasteiger partial charge in [0.05, 0.1) is 12.6 Å². The monoisotopic (exact) mass is 474 g/mol. The van der Waals surface area contributed by atoms with E-state index in [0.29, 0.717) is 18.3 Å². The highest BCUT2D eigenvalue weighted by Gasteiger charge is 2.26. The van der Waals surface area contributed by atoms with Gasteiger partial charge in [-0.1, -0.05) is 51.8 Å². The molecule has 2 heterocycles. The van der Waals surface area contributed by atoms with Gasteiger partial charge in [-0.3, -0.25) is 4.90 Å². The number of alkyl halides is 1. The van der Waals surface area contributed by atoms with E-state index < -0.39 is 11.7 Å². The number of amides is 1. The molecule has 1 aliphatic heterocycles. The zero-order valence-corrected chi connectivity index (χ0v) is 19.8. The lowest BCUT2D eigenvalue weighted by molar-refractivity contribution is 0.0223. The summed E-state index contributed by atoms with van der Waals surface area (Å²) in [4.78, 5) is 19.2. The molecule has 0 saturated carbocycles. The van der Waals surface area contributed by atoms with Crippen molar-refractivity contribution in [2.45, 2.75) is 64.7 Å². The summed E-state index contributed by atoms with van der Waals surface area (Å²) in [5.41, 5.74) is 2.80. The number of halogens is 1. The van der Waals surface area contributed by atoms with Gasteiger partial charge < -0.3 is 9.47 Å². The average molecular weight is 475 g/mol. The van der Waals surface area contributed by atoms with Crippen LogP contribution in [0.3, 0.4) is 0 Å². The number of hydrogen-bond acceptors (Lipinski definition) is 4. The molecular formula is C24H31BrN2O3. The molecule has 3 rings (SSSR count). The molecule has 0 bridgehead atoms. The normalized spacial score (nSPS) is 19.4. The first kappa shape index (κ1) is 22.8. The zero-order chi connectivity index (χ0) is 21.7. The molecule has 0 unspecified atom stereocenters. The van der Waals surface area contributed by atoms with Crippen LogP contribution in [0.15, 0.2) is 42.6 Å². The van der Waals surface area contributed by atoms with Gasteiger partial charge in [0, 0.05) is 18.1 Å². The molecule has 1 amide bonds. The van der Waals surface area contributed by atoms with E-state index >= 15 is 0 Å². The second kappa shape index (κ2) is 9.92. The van der Waals surface area contributed by atoms with Crippen molar-refractivity contribution in [2.75, 3.05) is 16.8 Å². The van der Waals surface area contributed by atoms with Gasteiger partial charge in [0.1, 0.15) is 11.4 Å². The molecule has 1 saturated heterocycles. The van der Waals surface area contributed by atoms with Crippen molar-refractivity contribution in [1.82, 2.24) is 4.98 Å². The summed E-state index contributed by atoms with van der Waals surface area (Å²) >= 11 is 3.52. The summed E-state index contributed by atoms with van der Waals surface area (Å²) < 4.78 is 11.4. The van der Waals surface area contributed by atoms with E-state index in [0.717, 1.165) is 35.9 Å². The summed E-state index contributed by atoms with van der Waals surface area (Å²) in [6.07, 6.45) is 3.71. The molecule has 1 aromatic heterocycles. The number of rotatable bonds is 5. The third kappa shape index (κ3) is 6.29. The number of pyridine rings is 1. The molecule has 0 aliphatic carbocycles. The van der Waals surface area contributed by atoms with Crippen molar-refractivity contribution in [3.63, 3.8) is 0 Å². The second-order valence-corrected chi connectivity index (χ2v) is 9.52. The minimum Gasteiger partial charge on any atom is -0.443 e. The van der Waals surface area contributed by atoms with Gasteiger partial charge >= 0.3 is 6.09 Å². The molecule has 0 N–H and O–H groups in total.